The van der Waals surface area contributed by atoms with Gasteiger partial charge in [0.1, 0.15) is 4.47 Å². The van der Waals surface area contributed by atoms with Gasteiger partial charge in [0.25, 0.3) is 0 Å². The summed E-state index contributed by atoms with van der Waals surface area (Å²) in [7, 11) is 0. The van der Waals surface area contributed by atoms with Crippen LogP contribution in [0.15, 0.2) is 21.1 Å². The van der Waals surface area contributed by atoms with E-state index >= 15 is 0 Å². The van der Waals surface area contributed by atoms with Gasteiger partial charge in [-0.3, -0.25) is 10.1 Å². The standard InChI is InChI=1S/C7H4BrN3O3S/c8-5-6(14-10-7(5)9)3-1-2-4(15-3)11(12)13/h1-2H,(H2,9,10). The summed E-state index contributed by atoms with van der Waals surface area (Å²) in [5.41, 5.74) is 5.46. The molecule has 2 N–H and O–H groups in total. The minimum absolute atomic E-state index is 0.0480. The van der Waals surface area contributed by atoms with Crippen LogP contribution in [0.2, 0.25) is 0 Å². The van der Waals surface area contributed by atoms with Gasteiger partial charge in [0.2, 0.25) is 0 Å². The molecule has 0 aromatic carbocycles. The summed E-state index contributed by atoms with van der Waals surface area (Å²) in [6.45, 7) is 0. The van der Waals surface area contributed by atoms with E-state index < -0.39 is 4.92 Å². The fraction of sp³-hybridized carbons (Fsp3) is 0. The van der Waals surface area contributed by atoms with E-state index in [0.29, 0.717) is 15.1 Å². The molecule has 0 unspecified atom stereocenters. The van der Waals surface area contributed by atoms with E-state index in [4.69, 9.17) is 10.3 Å². The minimum atomic E-state index is -0.457. The molecule has 6 nitrogen and oxygen atoms in total. The molecule has 0 fully saturated rings. The molecule has 15 heavy (non-hydrogen) atoms. The molecule has 0 amide bonds. The van der Waals surface area contributed by atoms with E-state index in [-0.39, 0.29) is 10.8 Å². The van der Waals surface area contributed by atoms with Gasteiger partial charge in [-0.05, 0) is 22.0 Å². The summed E-state index contributed by atoms with van der Waals surface area (Å²) in [6.07, 6.45) is 0. The number of nitrogen functional groups attached to an aromatic ring is 1. The third-order valence-electron chi connectivity index (χ3n) is 1.66. The van der Waals surface area contributed by atoms with Gasteiger partial charge in [0.15, 0.2) is 11.6 Å². The predicted octanol–water partition coefficient (Wildman–Crippen LogP) is 2.66. The molecule has 0 aliphatic rings. The highest BCUT2D eigenvalue weighted by molar-refractivity contribution is 9.10. The Kier molecular flexibility index (Phi) is 2.45. The van der Waals surface area contributed by atoms with Gasteiger partial charge >= 0.3 is 5.00 Å². The Morgan fingerprint density at radius 3 is 2.80 bits per heavy atom. The number of rotatable bonds is 2. The Morgan fingerprint density at radius 1 is 1.60 bits per heavy atom. The van der Waals surface area contributed by atoms with Gasteiger partial charge in [-0.25, -0.2) is 0 Å². The second kappa shape index (κ2) is 3.63. The topological polar surface area (TPSA) is 95.2 Å². The molecule has 2 aromatic rings. The summed E-state index contributed by atoms with van der Waals surface area (Å²) in [5.74, 6) is 0.631. The molecule has 0 saturated carbocycles. The number of nitrogens with two attached hydrogens (primary N) is 1. The van der Waals surface area contributed by atoms with Gasteiger partial charge in [0.05, 0.1) is 9.80 Å². The lowest BCUT2D eigenvalue weighted by atomic mass is 10.3. The minimum Gasteiger partial charge on any atom is -0.380 e. The SMILES string of the molecule is Nc1noc(-c2ccc([N+](=O)[O-])s2)c1Br. The van der Waals surface area contributed by atoms with Crippen LogP contribution in [0, 0.1) is 10.1 Å². The summed E-state index contributed by atoms with van der Waals surface area (Å²) in [4.78, 5) is 10.6. The molecule has 0 spiro atoms. The van der Waals surface area contributed by atoms with Crippen LogP contribution in [0.5, 0.6) is 0 Å². The smallest absolute Gasteiger partial charge is 0.324 e. The fourth-order valence-electron chi connectivity index (χ4n) is 0.992. The van der Waals surface area contributed by atoms with Gasteiger partial charge < -0.3 is 10.3 Å². The van der Waals surface area contributed by atoms with E-state index in [1.165, 1.54) is 6.07 Å². The molecule has 0 atom stereocenters. The maximum Gasteiger partial charge on any atom is 0.324 e. The average molecular weight is 290 g/mol. The fourth-order valence-corrected chi connectivity index (χ4v) is 2.29. The lowest BCUT2D eigenvalue weighted by Crippen LogP contribution is -1.82. The Labute approximate surface area is 96.0 Å². The van der Waals surface area contributed by atoms with Crippen LogP contribution in [-0.4, -0.2) is 10.1 Å². The van der Waals surface area contributed by atoms with E-state index in [1.54, 1.807) is 6.07 Å². The number of nitrogens with zero attached hydrogens (tertiary/aromatic N) is 2. The Balaban J connectivity index is 2.46. The van der Waals surface area contributed by atoms with Crippen LogP contribution < -0.4 is 5.73 Å². The van der Waals surface area contributed by atoms with Crippen molar-refractivity contribution in [3.8, 4) is 10.6 Å². The lowest BCUT2D eigenvalue weighted by Gasteiger charge is -1.87. The van der Waals surface area contributed by atoms with Gasteiger partial charge in [-0.1, -0.05) is 16.5 Å². The van der Waals surface area contributed by atoms with E-state index in [2.05, 4.69) is 21.1 Å². The third-order valence-corrected chi connectivity index (χ3v) is 3.46. The van der Waals surface area contributed by atoms with E-state index in [0.717, 1.165) is 11.3 Å². The van der Waals surface area contributed by atoms with Crippen LogP contribution in [0.3, 0.4) is 0 Å². The van der Waals surface area contributed by atoms with Gasteiger partial charge in [-0.2, -0.15) is 0 Å². The molecule has 2 rings (SSSR count). The van der Waals surface area contributed by atoms with E-state index in [1.807, 2.05) is 0 Å². The molecule has 2 heterocycles. The number of anilines is 1. The van der Waals surface area contributed by atoms with Crippen molar-refractivity contribution in [1.29, 1.82) is 0 Å². The number of hydrogen-bond donors (Lipinski definition) is 1. The maximum absolute atomic E-state index is 10.5. The largest absolute Gasteiger partial charge is 0.380 e. The quantitative estimate of drug-likeness (QED) is 0.677. The normalized spacial score (nSPS) is 10.5. The number of nitro groups is 1. The van der Waals surface area contributed by atoms with Crippen molar-refractivity contribution in [3.63, 3.8) is 0 Å². The summed E-state index contributed by atoms with van der Waals surface area (Å²) < 4.78 is 5.45. The summed E-state index contributed by atoms with van der Waals surface area (Å²) >= 11 is 4.19. The Hall–Kier alpha value is -1.41. The van der Waals surface area contributed by atoms with E-state index in [9.17, 15) is 10.1 Å². The molecular weight excluding hydrogens is 286 g/mol. The van der Waals surface area contributed by atoms with Crippen molar-refractivity contribution in [2.45, 2.75) is 0 Å². The van der Waals surface area contributed by atoms with Crippen molar-refractivity contribution in [2.24, 2.45) is 0 Å². The van der Waals surface area contributed by atoms with Gasteiger partial charge in [-0.15, -0.1) is 0 Å². The lowest BCUT2D eigenvalue weighted by molar-refractivity contribution is -0.380. The van der Waals surface area contributed by atoms with Crippen LogP contribution in [0.1, 0.15) is 0 Å². The molecule has 0 radical (unpaired) electrons. The molecule has 8 heteroatoms. The highest BCUT2D eigenvalue weighted by atomic mass is 79.9. The second-order valence-electron chi connectivity index (χ2n) is 2.61. The Bertz CT molecular complexity index is 521. The number of thiophene rings is 1. The predicted molar refractivity (Wildman–Crippen MR) is 58.6 cm³/mol. The number of hydrogen-bond acceptors (Lipinski definition) is 6. The third kappa shape index (κ3) is 1.73. The van der Waals surface area contributed by atoms with Crippen LogP contribution in [0.25, 0.3) is 10.6 Å². The van der Waals surface area contributed by atoms with Crippen molar-refractivity contribution in [3.05, 3.63) is 26.7 Å². The van der Waals surface area contributed by atoms with Crippen molar-refractivity contribution >= 4 is 38.1 Å². The van der Waals surface area contributed by atoms with Crippen molar-refractivity contribution < 1.29 is 9.45 Å². The zero-order valence-electron chi connectivity index (χ0n) is 7.14. The van der Waals surface area contributed by atoms with Crippen molar-refractivity contribution in [1.82, 2.24) is 5.16 Å². The number of halogens is 1. The summed E-state index contributed by atoms with van der Waals surface area (Å²) in [5, 5.41) is 14.1. The monoisotopic (exact) mass is 289 g/mol. The van der Waals surface area contributed by atoms with Crippen molar-refractivity contribution in [2.75, 3.05) is 5.73 Å². The highest BCUT2D eigenvalue weighted by Crippen LogP contribution is 2.38. The molecule has 2 aromatic heterocycles. The molecular formula is C7H4BrN3O3S. The first-order valence-electron chi connectivity index (χ1n) is 3.75. The number of aromatic nitrogens is 1. The first-order chi connectivity index (χ1) is 7.09. The zero-order valence-corrected chi connectivity index (χ0v) is 9.54. The second-order valence-corrected chi connectivity index (χ2v) is 4.46. The molecule has 0 aliphatic heterocycles. The zero-order chi connectivity index (χ0) is 11.0. The highest BCUT2D eigenvalue weighted by Gasteiger charge is 2.18. The van der Waals surface area contributed by atoms with Crippen LogP contribution >= 0.6 is 27.3 Å². The van der Waals surface area contributed by atoms with Crippen LogP contribution in [-0.2, 0) is 0 Å². The van der Waals surface area contributed by atoms with Crippen LogP contribution in [0.4, 0.5) is 10.8 Å². The molecule has 0 saturated heterocycles. The molecule has 78 valence electrons. The molecule has 0 bridgehead atoms. The Morgan fingerprint density at radius 2 is 2.33 bits per heavy atom. The first kappa shape index (κ1) is 10.1. The average Bonchev–Trinajstić information content (AvgIpc) is 2.76. The molecule has 0 aliphatic carbocycles. The summed E-state index contributed by atoms with van der Waals surface area (Å²) in [6, 6.07) is 3.00. The maximum atomic E-state index is 10.5. The van der Waals surface area contributed by atoms with Gasteiger partial charge in [0, 0.05) is 6.07 Å². The first-order valence-corrected chi connectivity index (χ1v) is 5.36.